The van der Waals surface area contributed by atoms with Crippen molar-refractivity contribution in [1.29, 1.82) is 0 Å². The maximum absolute atomic E-state index is 10.5. The molecule has 118 valence electrons. The lowest BCUT2D eigenvalue weighted by atomic mass is 10.0. The van der Waals surface area contributed by atoms with Gasteiger partial charge in [0.2, 0.25) is 11.9 Å². The predicted molar refractivity (Wildman–Crippen MR) is 81.8 cm³/mol. The summed E-state index contributed by atoms with van der Waals surface area (Å²) in [6, 6.07) is 0.316. The summed E-state index contributed by atoms with van der Waals surface area (Å²) in [5.74, 6) is 0.983. The van der Waals surface area contributed by atoms with Crippen molar-refractivity contribution in [3.05, 3.63) is 0 Å². The summed E-state index contributed by atoms with van der Waals surface area (Å²) in [6.45, 7) is 3.12. The molecule has 0 spiro atoms. The van der Waals surface area contributed by atoms with E-state index in [1.165, 1.54) is 0 Å². The molecule has 2 rings (SSSR count). The highest BCUT2D eigenvalue weighted by molar-refractivity contribution is 5.37. The van der Waals surface area contributed by atoms with Gasteiger partial charge in [0.25, 0.3) is 0 Å². The van der Waals surface area contributed by atoms with Crippen LogP contribution in [0.2, 0.25) is 0 Å². The van der Waals surface area contributed by atoms with Crippen LogP contribution in [0, 0.1) is 0 Å². The Hall–Kier alpha value is -1.63. The molecule has 1 saturated carbocycles. The number of anilines is 2. The monoisotopic (exact) mass is 295 g/mol. The van der Waals surface area contributed by atoms with Gasteiger partial charge in [-0.25, -0.2) is 0 Å². The van der Waals surface area contributed by atoms with Gasteiger partial charge in [-0.15, -0.1) is 0 Å². The molecule has 21 heavy (non-hydrogen) atoms. The van der Waals surface area contributed by atoms with Gasteiger partial charge in [-0.05, 0) is 19.3 Å². The number of hydrogen-bond donors (Lipinski definition) is 2. The molecule has 0 atom stereocenters. The predicted octanol–water partition coefficient (Wildman–Crippen LogP) is 1.44. The summed E-state index contributed by atoms with van der Waals surface area (Å²) in [7, 11) is 3.64. The van der Waals surface area contributed by atoms with Crippen molar-refractivity contribution in [2.24, 2.45) is 0 Å². The second kappa shape index (κ2) is 6.89. The van der Waals surface area contributed by atoms with Gasteiger partial charge in [0, 0.05) is 20.6 Å². The van der Waals surface area contributed by atoms with Gasteiger partial charge in [0.05, 0.1) is 12.2 Å². The van der Waals surface area contributed by atoms with Crippen LogP contribution in [-0.4, -0.2) is 52.9 Å². The highest BCUT2D eigenvalue weighted by atomic mass is 16.5. The average Bonchev–Trinajstić information content (AvgIpc) is 2.91. The molecule has 0 amide bonds. The van der Waals surface area contributed by atoms with Crippen LogP contribution in [0.4, 0.5) is 11.9 Å². The van der Waals surface area contributed by atoms with Crippen LogP contribution in [0.25, 0.3) is 0 Å². The Labute approximate surface area is 125 Å². The molecule has 0 bridgehead atoms. The summed E-state index contributed by atoms with van der Waals surface area (Å²) < 4.78 is 5.49. The van der Waals surface area contributed by atoms with Crippen LogP contribution < -0.4 is 15.0 Å². The zero-order valence-electron chi connectivity index (χ0n) is 13.1. The number of ether oxygens (including phenoxy) is 1. The minimum atomic E-state index is -0.633. The summed E-state index contributed by atoms with van der Waals surface area (Å²) >= 11 is 0. The normalized spacial score (nSPS) is 16.8. The minimum absolute atomic E-state index is 0.316. The van der Waals surface area contributed by atoms with E-state index < -0.39 is 5.60 Å². The molecular formula is C14H25N5O2. The third-order valence-electron chi connectivity index (χ3n) is 3.67. The Balaban J connectivity index is 2.12. The SMILES string of the molecule is CCCOc1nc(NC)nc(N(C)CC2(O)CCCC2)n1. The molecule has 1 fully saturated rings. The van der Waals surface area contributed by atoms with Crippen LogP contribution >= 0.6 is 0 Å². The lowest BCUT2D eigenvalue weighted by molar-refractivity contribution is 0.0556. The Morgan fingerprint density at radius 3 is 2.62 bits per heavy atom. The Morgan fingerprint density at radius 2 is 2.00 bits per heavy atom. The Morgan fingerprint density at radius 1 is 1.29 bits per heavy atom. The van der Waals surface area contributed by atoms with E-state index >= 15 is 0 Å². The molecular weight excluding hydrogens is 270 g/mol. The molecule has 0 radical (unpaired) electrons. The molecule has 0 unspecified atom stereocenters. The largest absolute Gasteiger partial charge is 0.463 e. The van der Waals surface area contributed by atoms with Gasteiger partial charge >= 0.3 is 6.01 Å². The molecule has 0 aliphatic heterocycles. The van der Waals surface area contributed by atoms with E-state index in [1.54, 1.807) is 7.05 Å². The lowest BCUT2D eigenvalue weighted by Crippen LogP contribution is -2.40. The minimum Gasteiger partial charge on any atom is -0.463 e. The van der Waals surface area contributed by atoms with E-state index in [1.807, 2.05) is 18.9 Å². The average molecular weight is 295 g/mol. The number of aromatic nitrogens is 3. The molecule has 1 heterocycles. The van der Waals surface area contributed by atoms with Gasteiger partial charge in [0.1, 0.15) is 0 Å². The van der Waals surface area contributed by atoms with E-state index in [4.69, 9.17) is 4.74 Å². The summed E-state index contributed by atoms with van der Waals surface area (Å²) in [6.07, 6.45) is 4.72. The zero-order valence-corrected chi connectivity index (χ0v) is 13.1. The highest BCUT2D eigenvalue weighted by Crippen LogP contribution is 2.30. The number of likely N-dealkylation sites (N-methyl/N-ethyl adjacent to an activating group) is 1. The Bertz CT molecular complexity index is 463. The molecule has 0 aromatic carbocycles. The highest BCUT2D eigenvalue weighted by Gasteiger charge is 2.33. The first kappa shape index (κ1) is 15.8. The van der Waals surface area contributed by atoms with Gasteiger partial charge in [0.15, 0.2) is 0 Å². The maximum Gasteiger partial charge on any atom is 0.323 e. The number of nitrogens with zero attached hydrogens (tertiary/aromatic N) is 4. The third kappa shape index (κ3) is 4.17. The van der Waals surface area contributed by atoms with Crippen LogP contribution in [0.15, 0.2) is 0 Å². The van der Waals surface area contributed by atoms with Crippen LogP contribution in [0.5, 0.6) is 6.01 Å². The van der Waals surface area contributed by atoms with Gasteiger partial charge < -0.3 is 20.1 Å². The molecule has 1 aliphatic rings. The number of nitrogens with one attached hydrogen (secondary N) is 1. The molecule has 1 aliphatic carbocycles. The molecule has 0 saturated heterocycles. The van der Waals surface area contributed by atoms with E-state index in [0.717, 1.165) is 32.1 Å². The second-order valence-electron chi connectivity index (χ2n) is 5.63. The summed E-state index contributed by atoms with van der Waals surface area (Å²) in [5.41, 5.74) is -0.633. The number of hydrogen-bond acceptors (Lipinski definition) is 7. The van der Waals surface area contributed by atoms with Crippen molar-refractivity contribution >= 4 is 11.9 Å². The third-order valence-corrected chi connectivity index (χ3v) is 3.67. The number of aliphatic hydroxyl groups is 1. The van der Waals surface area contributed by atoms with Gasteiger partial charge in [-0.2, -0.15) is 15.0 Å². The van der Waals surface area contributed by atoms with Crippen molar-refractivity contribution in [3.8, 4) is 6.01 Å². The first-order chi connectivity index (χ1) is 10.1. The first-order valence-corrected chi connectivity index (χ1v) is 7.56. The molecule has 7 nitrogen and oxygen atoms in total. The topological polar surface area (TPSA) is 83.4 Å². The number of rotatable bonds is 7. The van der Waals surface area contributed by atoms with Crippen LogP contribution in [0.1, 0.15) is 39.0 Å². The fourth-order valence-corrected chi connectivity index (χ4v) is 2.59. The standard InChI is InChI=1S/C14H25N5O2/c1-4-9-21-13-17-11(15-2)16-12(18-13)19(3)10-14(20)7-5-6-8-14/h20H,4-10H2,1-3H3,(H,15,16,17,18). The van der Waals surface area contributed by atoms with Crippen LogP contribution in [0.3, 0.4) is 0 Å². The van der Waals surface area contributed by atoms with E-state index in [2.05, 4.69) is 20.3 Å². The summed E-state index contributed by atoms with van der Waals surface area (Å²) in [4.78, 5) is 14.7. The maximum atomic E-state index is 10.5. The molecule has 1 aromatic heterocycles. The smallest absolute Gasteiger partial charge is 0.323 e. The fraction of sp³-hybridized carbons (Fsp3) is 0.786. The van der Waals surface area contributed by atoms with E-state index in [0.29, 0.717) is 31.1 Å². The molecule has 7 heteroatoms. The Kier molecular flexibility index (Phi) is 5.17. The van der Waals surface area contributed by atoms with Crippen LogP contribution in [-0.2, 0) is 0 Å². The lowest BCUT2D eigenvalue weighted by Gasteiger charge is -2.28. The first-order valence-electron chi connectivity index (χ1n) is 7.56. The fourth-order valence-electron chi connectivity index (χ4n) is 2.59. The second-order valence-corrected chi connectivity index (χ2v) is 5.63. The quantitative estimate of drug-likeness (QED) is 0.787. The van der Waals surface area contributed by atoms with E-state index in [-0.39, 0.29) is 0 Å². The molecule has 1 aromatic rings. The van der Waals surface area contributed by atoms with E-state index in [9.17, 15) is 5.11 Å². The van der Waals surface area contributed by atoms with Crippen molar-refractivity contribution in [2.75, 3.05) is 37.5 Å². The van der Waals surface area contributed by atoms with Gasteiger partial charge in [-0.3, -0.25) is 0 Å². The van der Waals surface area contributed by atoms with Crippen molar-refractivity contribution < 1.29 is 9.84 Å². The molecule has 2 N–H and O–H groups in total. The van der Waals surface area contributed by atoms with Gasteiger partial charge in [-0.1, -0.05) is 19.8 Å². The van der Waals surface area contributed by atoms with Crippen molar-refractivity contribution in [2.45, 2.75) is 44.6 Å². The summed E-state index contributed by atoms with van der Waals surface area (Å²) in [5, 5.41) is 13.4. The van der Waals surface area contributed by atoms with Crippen molar-refractivity contribution in [3.63, 3.8) is 0 Å². The van der Waals surface area contributed by atoms with Crippen molar-refractivity contribution in [1.82, 2.24) is 15.0 Å². The zero-order chi connectivity index (χ0) is 15.3.